The number of aryl methyl sites for hydroxylation is 1. The predicted octanol–water partition coefficient (Wildman–Crippen LogP) is 2.97. The SMILES string of the molecule is CCn1ncc(OC)c1C(=O)c1csc(Br)c1. The van der Waals surface area contributed by atoms with Gasteiger partial charge in [-0.15, -0.1) is 11.3 Å². The molecular formula is C11H11BrN2O2S. The molecule has 2 aromatic heterocycles. The number of thiophene rings is 1. The van der Waals surface area contributed by atoms with Gasteiger partial charge < -0.3 is 4.74 Å². The molecule has 2 heterocycles. The Bertz CT molecular complexity index is 526. The normalized spacial score (nSPS) is 10.5. The Kier molecular flexibility index (Phi) is 3.63. The summed E-state index contributed by atoms with van der Waals surface area (Å²) in [6.45, 7) is 2.57. The molecule has 0 saturated heterocycles. The van der Waals surface area contributed by atoms with Gasteiger partial charge in [0.05, 0.1) is 17.1 Å². The van der Waals surface area contributed by atoms with E-state index in [-0.39, 0.29) is 5.78 Å². The van der Waals surface area contributed by atoms with Crippen LogP contribution < -0.4 is 4.74 Å². The average molecular weight is 315 g/mol. The highest BCUT2D eigenvalue weighted by Crippen LogP contribution is 2.26. The lowest BCUT2D eigenvalue weighted by molar-refractivity contribution is 0.102. The molecule has 0 radical (unpaired) electrons. The van der Waals surface area contributed by atoms with Gasteiger partial charge in [-0.05, 0) is 28.9 Å². The number of nitrogens with zero attached hydrogens (tertiary/aromatic N) is 2. The molecule has 4 nitrogen and oxygen atoms in total. The summed E-state index contributed by atoms with van der Waals surface area (Å²) in [7, 11) is 1.54. The first-order valence-corrected chi connectivity index (χ1v) is 6.73. The van der Waals surface area contributed by atoms with Gasteiger partial charge in [-0.3, -0.25) is 9.48 Å². The van der Waals surface area contributed by atoms with Gasteiger partial charge in [0.2, 0.25) is 5.78 Å². The second kappa shape index (κ2) is 5.01. The maximum absolute atomic E-state index is 12.3. The quantitative estimate of drug-likeness (QED) is 0.815. The third-order valence-corrected chi connectivity index (χ3v) is 3.87. The topological polar surface area (TPSA) is 44.1 Å². The van der Waals surface area contributed by atoms with Crippen molar-refractivity contribution >= 4 is 33.0 Å². The van der Waals surface area contributed by atoms with Crippen molar-refractivity contribution in [1.82, 2.24) is 9.78 Å². The molecule has 0 aliphatic carbocycles. The molecule has 90 valence electrons. The third kappa shape index (κ3) is 2.28. The van der Waals surface area contributed by atoms with Crippen molar-refractivity contribution in [3.63, 3.8) is 0 Å². The monoisotopic (exact) mass is 314 g/mol. The van der Waals surface area contributed by atoms with E-state index in [1.165, 1.54) is 18.4 Å². The first kappa shape index (κ1) is 12.3. The number of halogens is 1. The van der Waals surface area contributed by atoms with Crippen molar-refractivity contribution in [2.75, 3.05) is 7.11 Å². The number of hydrogen-bond acceptors (Lipinski definition) is 4. The lowest BCUT2D eigenvalue weighted by atomic mass is 10.1. The number of carbonyl (C=O) groups excluding carboxylic acids is 1. The number of rotatable bonds is 4. The Morgan fingerprint density at radius 1 is 1.65 bits per heavy atom. The summed E-state index contributed by atoms with van der Waals surface area (Å²) >= 11 is 4.83. The van der Waals surface area contributed by atoms with Crippen molar-refractivity contribution in [3.05, 3.63) is 32.7 Å². The predicted molar refractivity (Wildman–Crippen MR) is 69.9 cm³/mol. The number of aromatic nitrogens is 2. The standard InChI is InChI=1S/C11H11BrN2O2S/c1-3-14-10(8(16-2)5-13-14)11(15)7-4-9(12)17-6-7/h4-6H,3H2,1-2H3. The van der Waals surface area contributed by atoms with Gasteiger partial charge in [0.1, 0.15) is 0 Å². The molecule has 0 spiro atoms. The molecule has 0 bridgehead atoms. The summed E-state index contributed by atoms with van der Waals surface area (Å²) in [5, 5.41) is 5.94. The second-order valence-corrected chi connectivity index (χ2v) is 5.64. The summed E-state index contributed by atoms with van der Waals surface area (Å²) in [5.74, 6) is 0.447. The summed E-state index contributed by atoms with van der Waals surface area (Å²) in [6, 6.07) is 1.80. The zero-order chi connectivity index (χ0) is 12.4. The molecule has 0 aliphatic heterocycles. The molecule has 0 aliphatic rings. The van der Waals surface area contributed by atoms with Crippen LogP contribution in [0.4, 0.5) is 0 Å². The molecule has 0 saturated carbocycles. The van der Waals surface area contributed by atoms with E-state index in [4.69, 9.17) is 4.74 Å². The van der Waals surface area contributed by atoms with Crippen LogP contribution >= 0.6 is 27.3 Å². The lowest BCUT2D eigenvalue weighted by Crippen LogP contribution is -2.11. The molecule has 2 rings (SSSR count). The van der Waals surface area contributed by atoms with E-state index < -0.39 is 0 Å². The van der Waals surface area contributed by atoms with Crippen molar-refractivity contribution in [2.45, 2.75) is 13.5 Å². The van der Waals surface area contributed by atoms with Crippen LogP contribution in [0.15, 0.2) is 21.4 Å². The van der Waals surface area contributed by atoms with Crippen molar-refractivity contribution in [2.24, 2.45) is 0 Å². The van der Waals surface area contributed by atoms with Gasteiger partial charge in [-0.25, -0.2) is 0 Å². The maximum atomic E-state index is 12.3. The van der Waals surface area contributed by atoms with Crippen LogP contribution in [0.3, 0.4) is 0 Å². The molecule has 0 aromatic carbocycles. The molecule has 0 amide bonds. The highest BCUT2D eigenvalue weighted by atomic mass is 79.9. The number of carbonyl (C=O) groups is 1. The Morgan fingerprint density at radius 3 is 2.94 bits per heavy atom. The van der Waals surface area contributed by atoms with Crippen LogP contribution in [0.2, 0.25) is 0 Å². The minimum absolute atomic E-state index is 0.0665. The molecule has 0 unspecified atom stereocenters. The van der Waals surface area contributed by atoms with Gasteiger partial charge in [0.25, 0.3) is 0 Å². The minimum Gasteiger partial charge on any atom is -0.493 e. The summed E-state index contributed by atoms with van der Waals surface area (Å²) in [5.41, 5.74) is 1.15. The van der Waals surface area contributed by atoms with Gasteiger partial charge in [-0.1, -0.05) is 0 Å². The Balaban J connectivity index is 2.45. The van der Waals surface area contributed by atoms with Crippen LogP contribution in [0, 0.1) is 0 Å². The number of ketones is 1. The summed E-state index contributed by atoms with van der Waals surface area (Å²) in [4.78, 5) is 12.3. The Hall–Kier alpha value is -1.14. The van der Waals surface area contributed by atoms with Crippen LogP contribution in [-0.2, 0) is 6.54 Å². The van der Waals surface area contributed by atoms with Gasteiger partial charge in [0, 0.05) is 17.5 Å². The largest absolute Gasteiger partial charge is 0.493 e. The molecule has 0 atom stereocenters. The summed E-state index contributed by atoms with van der Waals surface area (Å²) in [6.07, 6.45) is 1.57. The number of ether oxygens (including phenoxy) is 1. The number of hydrogen-bond donors (Lipinski definition) is 0. The van der Waals surface area contributed by atoms with E-state index in [2.05, 4.69) is 21.0 Å². The van der Waals surface area contributed by atoms with Crippen LogP contribution in [0.5, 0.6) is 5.75 Å². The number of methoxy groups -OCH3 is 1. The Morgan fingerprint density at radius 2 is 2.41 bits per heavy atom. The van der Waals surface area contributed by atoms with Crippen LogP contribution in [-0.4, -0.2) is 22.7 Å². The molecular weight excluding hydrogens is 304 g/mol. The highest BCUT2D eigenvalue weighted by molar-refractivity contribution is 9.11. The molecule has 6 heteroatoms. The van der Waals surface area contributed by atoms with Crippen molar-refractivity contribution in [3.8, 4) is 5.75 Å². The molecule has 2 aromatic rings. The third-order valence-electron chi connectivity index (χ3n) is 2.37. The lowest BCUT2D eigenvalue weighted by Gasteiger charge is -2.04. The van der Waals surface area contributed by atoms with Crippen molar-refractivity contribution in [1.29, 1.82) is 0 Å². The smallest absolute Gasteiger partial charge is 0.215 e. The average Bonchev–Trinajstić information content (AvgIpc) is 2.93. The first-order chi connectivity index (χ1) is 8.17. The van der Waals surface area contributed by atoms with Crippen molar-refractivity contribution < 1.29 is 9.53 Å². The fourth-order valence-corrected chi connectivity index (χ4v) is 2.69. The maximum Gasteiger partial charge on any atom is 0.215 e. The van der Waals surface area contributed by atoms with E-state index in [0.717, 1.165) is 3.79 Å². The fourth-order valence-electron chi connectivity index (χ4n) is 1.55. The first-order valence-electron chi connectivity index (χ1n) is 5.06. The zero-order valence-electron chi connectivity index (χ0n) is 9.44. The molecule has 0 N–H and O–H groups in total. The minimum atomic E-state index is -0.0665. The fraction of sp³-hybridized carbons (Fsp3) is 0.273. The van der Waals surface area contributed by atoms with E-state index in [0.29, 0.717) is 23.6 Å². The Labute approximate surface area is 111 Å². The van der Waals surface area contributed by atoms with Gasteiger partial charge >= 0.3 is 0 Å². The van der Waals surface area contributed by atoms with E-state index >= 15 is 0 Å². The van der Waals surface area contributed by atoms with E-state index in [1.54, 1.807) is 16.9 Å². The van der Waals surface area contributed by atoms with E-state index in [1.807, 2.05) is 12.3 Å². The second-order valence-electron chi connectivity index (χ2n) is 3.35. The van der Waals surface area contributed by atoms with E-state index in [9.17, 15) is 4.79 Å². The van der Waals surface area contributed by atoms with Gasteiger partial charge in [-0.2, -0.15) is 5.10 Å². The molecule has 0 fully saturated rings. The van der Waals surface area contributed by atoms with Crippen LogP contribution in [0.1, 0.15) is 23.0 Å². The highest BCUT2D eigenvalue weighted by Gasteiger charge is 2.21. The van der Waals surface area contributed by atoms with Gasteiger partial charge in [0.15, 0.2) is 11.4 Å². The molecule has 17 heavy (non-hydrogen) atoms. The zero-order valence-corrected chi connectivity index (χ0v) is 11.8. The van der Waals surface area contributed by atoms with Crippen LogP contribution in [0.25, 0.3) is 0 Å². The summed E-state index contributed by atoms with van der Waals surface area (Å²) < 4.78 is 7.74.